The molecule has 0 spiro atoms. The fraction of sp³-hybridized carbons (Fsp3) is 0.300. The van der Waals surface area contributed by atoms with Crippen LogP contribution in [-0.4, -0.2) is 23.7 Å². The minimum Gasteiger partial charge on any atom is -0.490 e. The lowest BCUT2D eigenvalue weighted by Crippen LogP contribution is -2.13. The number of thiazole rings is 1. The van der Waals surface area contributed by atoms with E-state index in [1.165, 1.54) is 11.3 Å². The maximum atomic E-state index is 12.7. The maximum Gasteiger partial charge on any atom is 0.279 e. The van der Waals surface area contributed by atoms with Gasteiger partial charge in [-0.2, -0.15) is 4.99 Å². The summed E-state index contributed by atoms with van der Waals surface area (Å²) < 4.78 is 14.3. The SMILES string of the molecule is CCCOc1c(Cl)cc(C(=O)N=c2sc3ccccc3n2C)cc1OCC. The molecule has 0 N–H and O–H groups in total. The number of fused-ring (bicyclic) bond motifs is 1. The molecule has 1 aromatic heterocycles. The molecule has 0 saturated carbocycles. The number of aryl methyl sites for hydroxylation is 1. The molecular weight excluding hydrogens is 384 g/mol. The Morgan fingerprint density at radius 1 is 1.22 bits per heavy atom. The maximum absolute atomic E-state index is 12.7. The highest BCUT2D eigenvalue weighted by Crippen LogP contribution is 2.37. The van der Waals surface area contributed by atoms with Crippen molar-refractivity contribution in [3.63, 3.8) is 0 Å². The lowest BCUT2D eigenvalue weighted by atomic mass is 10.2. The zero-order chi connectivity index (χ0) is 19.4. The smallest absolute Gasteiger partial charge is 0.279 e. The second-order valence-electron chi connectivity index (χ2n) is 5.90. The third kappa shape index (κ3) is 4.17. The van der Waals surface area contributed by atoms with Gasteiger partial charge in [0.1, 0.15) is 0 Å². The van der Waals surface area contributed by atoms with Crippen LogP contribution in [0, 0.1) is 0 Å². The first kappa shape index (κ1) is 19.5. The van der Waals surface area contributed by atoms with Gasteiger partial charge in [0.2, 0.25) is 0 Å². The van der Waals surface area contributed by atoms with Crippen molar-refractivity contribution in [3.05, 3.63) is 51.8 Å². The third-order valence-electron chi connectivity index (χ3n) is 3.92. The molecule has 0 aliphatic heterocycles. The Balaban J connectivity index is 2.02. The fourth-order valence-corrected chi connectivity index (χ4v) is 3.92. The Morgan fingerprint density at radius 2 is 2.00 bits per heavy atom. The van der Waals surface area contributed by atoms with Crippen LogP contribution in [0.3, 0.4) is 0 Å². The van der Waals surface area contributed by atoms with Gasteiger partial charge in [0.15, 0.2) is 16.3 Å². The summed E-state index contributed by atoms with van der Waals surface area (Å²) in [5.41, 5.74) is 1.40. The number of hydrogen-bond donors (Lipinski definition) is 0. The molecule has 0 aliphatic rings. The number of nitrogens with zero attached hydrogens (tertiary/aromatic N) is 2. The number of carbonyl (C=O) groups excluding carboxylic acids is 1. The summed E-state index contributed by atoms with van der Waals surface area (Å²) in [4.78, 5) is 17.7. The highest BCUT2D eigenvalue weighted by molar-refractivity contribution is 7.16. The molecule has 0 unspecified atom stereocenters. The van der Waals surface area contributed by atoms with E-state index in [2.05, 4.69) is 4.99 Å². The van der Waals surface area contributed by atoms with Crippen molar-refractivity contribution < 1.29 is 14.3 Å². The van der Waals surface area contributed by atoms with E-state index in [0.29, 0.717) is 40.1 Å². The normalized spacial score (nSPS) is 11.8. The summed E-state index contributed by atoms with van der Waals surface area (Å²) in [7, 11) is 1.89. The van der Waals surface area contributed by atoms with Crippen LogP contribution in [0.25, 0.3) is 10.2 Å². The number of amides is 1. The number of benzene rings is 2. The summed E-state index contributed by atoms with van der Waals surface area (Å²) in [5, 5.41) is 0.341. The molecule has 0 atom stereocenters. The average Bonchev–Trinajstić information content (AvgIpc) is 2.97. The molecule has 27 heavy (non-hydrogen) atoms. The Labute approximate surface area is 166 Å². The molecule has 1 heterocycles. The van der Waals surface area contributed by atoms with Crippen LogP contribution >= 0.6 is 22.9 Å². The topological polar surface area (TPSA) is 52.8 Å². The van der Waals surface area contributed by atoms with Crippen molar-refractivity contribution in [2.24, 2.45) is 12.0 Å². The molecule has 0 fully saturated rings. The van der Waals surface area contributed by atoms with E-state index < -0.39 is 0 Å². The Hall–Kier alpha value is -2.31. The third-order valence-corrected chi connectivity index (χ3v) is 5.31. The second kappa shape index (κ2) is 8.59. The molecule has 0 radical (unpaired) electrons. The van der Waals surface area contributed by atoms with Gasteiger partial charge >= 0.3 is 0 Å². The van der Waals surface area contributed by atoms with E-state index in [-0.39, 0.29) is 5.91 Å². The van der Waals surface area contributed by atoms with Gasteiger partial charge in [-0.05, 0) is 37.6 Å². The van der Waals surface area contributed by atoms with Gasteiger partial charge < -0.3 is 14.0 Å². The van der Waals surface area contributed by atoms with Gasteiger partial charge in [-0.15, -0.1) is 0 Å². The van der Waals surface area contributed by atoms with Crippen molar-refractivity contribution >= 4 is 39.1 Å². The van der Waals surface area contributed by atoms with Gasteiger partial charge in [0.25, 0.3) is 5.91 Å². The summed E-state index contributed by atoms with van der Waals surface area (Å²) in [6.07, 6.45) is 0.848. The summed E-state index contributed by atoms with van der Waals surface area (Å²) >= 11 is 7.81. The van der Waals surface area contributed by atoms with Gasteiger partial charge in [0, 0.05) is 12.6 Å². The molecular formula is C20H21ClN2O3S. The molecule has 1 amide bonds. The first-order valence-corrected chi connectivity index (χ1v) is 9.97. The van der Waals surface area contributed by atoms with Gasteiger partial charge in [0.05, 0.1) is 28.5 Å². The Morgan fingerprint density at radius 3 is 2.70 bits per heavy atom. The quantitative estimate of drug-likeness (QED) is 0.591. The van der Waals surface area contributed by atoms with E-state index in [0.717, 1.165) is 16.6 Å². The standard InChI is InChI=1S/C20H21ClN2O3S/c1-4-10-26-18-14(21)11-13(12-16(18)25-5-2)19(24)22-20-23(3)15-8-6-7-9-17(15)27-20/h6-9,11-12H,4-5,10H2,1-3H3. The first-order valence-electron chi connectivity index (χ1n) is 8.77. The number of halogens is 1. The number of rotatable bonds is 6. The van der Waals surface area contributed by atoms with Crippen LogP contribution < -0.4 is 14.3 Å². The molecule has 5 nitrogen and oxygen atoms in total. The number of ether oxygens (including phenoxy) is 2. The minimum absolute atomic E-state index is 0.341. The van der Waals surface area contributed by atoms with Crippen molar-refractivity contribution in [1.82, 2.24) is 4.57 Å². The second-order valence-corrected chi connectivity index (χ2v) is 7.31. The molecule has 2 aromatic carbocycles. The summed E-state index contributed by atoms with van der Waals surface area (Å²) in [5.74, 6) is 0.545. The lowest BCUT2D eigenvalue weighted by Gasteiger charge is -2.14. The molecule has 142 valence electrons. The van der Waals surface area contributed by atoms with E-state index in [9.17, 15) is 4.79 Å². The van der Waals surface area contributed by atoms with E-state index >= 15 is 0 Å². The van der Waals surface area contributed by atoms with Crippen LogP contribution in [-0.2, 0) is 7.05 Å². The molecule has 3 aromatic rings. The van der Waals surface area contributed by atoms with E-state index in [1.54, 1.807) is 12.1 Å². The first-order chi connectivity index (χ1) is 13.0. The van der Waals surface area contributed by atoms with E-state index in [4.69, 9.17) is 21.1 Å². The number of aromatic nitrogens is 1. The van der Waals surface area contributed by atoms with Crippen molar-refractivity contribution in [3.8, 4) is 11.5 Å². The van der Waals surface area contributed by atoms with Gasteiger partial charge in [-0.25, -0.2) is 0 Å². The predicted molar refractivity (Wildman–Crippen MR) is 109 cm³/mol. The average molecular weight is 405 g/mol. The summed E-state index contributed by atoms with van der Waals surface area (Å²) in [6.45, 7) is 4.84. The Kier molecular flexibility index (Phi) is 6.19. The monoisotopic (exact) mass is 404 g/mol. The molecule has 3 rings (SSSR count). The molecule has 0 bridgehead atoms. The summed E-state index contributed by atoms with van der Waals surface area (Å²) in [6, 6.07) is 11.2. The fourth-order valence-electron chi connectivity index (χ4n) is 2.64. The van der Waals surface area contributed by atoms with E-state index in [1.807, 2.05) is 49.7 Å². The van der Waals surface area contributed by atoms with Crippen LogP contribution in [0.4, 0.5) is 0 Å². The zero-order valence-electron chi connectivity index (χ0n) is 15.5. The lowest BCUT2D eigenvalue weighted by molar-refractivity contribution is 0.0997. The zero-order valence-corrected chi connectivity index (χ0v) is 17.1. The number of carbonyl (C=O) groups is 1. The largest absolute Gasteiger partial charge is 0.490 e. The van der Waals surface area contributed by atoms with Crippen molar-refractivity contribution in [2.75, 3.05) is 13.2 Å². The van der Waals surface area contributed by atoms with Crippen molar-refractivity contribution in [2.45, 2.75) is 20.3 Å². The predicted octanol–water partition coefficient (Wildman–Crippen LogP) is 4.82. The van der Waals surface area contributed by atoms with Crippen LogP contribution in [0.2, 0.25) is 5.02 Å². The highest BCUT2D eigenvalue weighted by Gasteiger charge is 2.16. The van der Waals surface area contributed by atoms with Crippen molar-refractivity contribution in [1.29, 1.82) is 0 Å². The highest BCUT2D eigenvalue weighted by atomic mass is 35.5. The number of para-hydroxylation sites is 1. The van der Waals surface area contributed by atoms with Crippen LogP contribution in [0.1, 0.15) is 30.6 Å². The Bertz CT molecular complexity index is 1040. The molecule has 0 saturated heterocycles. The molecule has 7 heteroatoms. The molecule has 0 aliphatic carbocycles. The van der Waals surface area contributed by atoms with Gasteiger partial charge in [-0.1, -0.05) is 42.0 Å². The number of hydrogen-bond acceptors (Lipinski definition) is 4. The minimum atomic E-state index is -0.373. The van der Waals surface area contributed by atoms with Gasteiger partial charge in [-0.3, -0.25) is 4.79 Å². The van der Waals surface area contributed by atoms with Crippen LogP contribution in [0.5, 0.6) is 11.5 Å². The van der Waals surface area contributed by atoms with Crippen LogP contribution in [0.15, 0.2) is 41.4 Å².